The number of thioether (sulfide) groups is 1. The maximum absolute atomic E-state index is 12.5. The summed E-state index contributed by atoms with van der Waals surface area (Å²) in [5.74, 6) is 1.05. The molecule has 1 atom stereocenters. The van der Waals surface area contributed by atoms with Crippen LogP contribution in [0, 0.1) is 12.8 Å². The molecule has 3 rings (SSSR count). The maximum Gasteiger partial charge on any atom is 0.239 e. The lowest BCUT2D eigenvalue weighted by atomic mass is 10.2. The number of anilines is 1. The lowest BCUT2D eigenvalue weighted by molar-refractivity contribution is -0.115. The van der Waals surface area contributed by atoms with E-state index in [4.69, 9.17) is 0 Å². The van der Waals surface area contributed by atoms with Crippen molar-refractivity contribution < 1.29 is 4.79 Å². The lowest BCUT2D eigenvalue weighted by Gasteiger charge is -2.14. The first-order valence-corrected chi connectivity index (χ1v) is 10.2. The first kappa shape index (κ1) is 19.4. The average molecular weight is 404 g/mol. The Labute approximate surface area is 165 Å². The average Bonchev–Trinajstić information content (AvgIpc) is 3.21. The van der Waals surface area contributed by atoms with Crippen LogP contribution in [0.3, 0.4) is 0 Å². The van der Waals surface area contributed by atoms with Crippen molar-refractivity contribution in [3.63, 3.8) is 0 Å². The van der Waals surface area contributed by atoms with Gasteiger partial charge in [-0.15, -0.1) is 20.4 Å². The number of carbonyl (C=O) groups excluding carboxylic acids is 1. The van der Waals surface area contributed by atoms with Crippen molar-refractivity contribution in [1.29, 1.82) is 0 Å². The van der Waals surface area contributed by atoms with Crippen molar-refractivity contribution >= 4 is 34.1 Å². The van der Waals surface area contributed by atoms with Crippen molar-refractivity contribution in [2.24, 2.45) is 5.92 Å². The summed E-state index contributed by atoms with van der Waals surface area (Å²) in [7, 11) is 0. The van der Waals surface area contributed by atoms with E-state index >= 15 is 0 Å². The third kappa shape index (κ3) is 4.89. The fourth-order valence-electron chi connectivity index (χ4n) is 2.39. The number of aromatic nitrogens is 6. The van der Waals surface area contributed by atoms with Gasteiger partial charge in [-0.05, 0) is 31.9 Å². The van der Waals surface area contributed by atoms with E-state index in [0.717, 1.165) is 22.9 Å². The summed E-state index contributed by atoms with van der Waals surface area (Å²) >= 11 is 2.73. The van der Waals surface area contributed by atoms with Crippen LogP contribution in [0.1, 0.15) is 25.8 Å². The summed E-state index contributed by atoms with van der Waals surface area (Å²) in [6.07, 6.45) is 3.47. The van der Waals surface area contributed by atoms with E-state index in [1.807, 2.05) is 26.0 Å². The molecule has 0 bridgehead atoms. The number of amides is 1. The molecular weight excluding hydrogens is 382 g/mol. The Morgan fingerprint density at radius 1 is 1.19 bits per heavy atom. The molecule has 10 heteroatoms. The molecule has 142 valence electrons. The summed E-state index contributed by atoms with van der Waals surface area (Å²) < 4.78 is 2.06. The SMILES string of the molecule is Cc1nnc(NC(=O)[C@H](C)Sc2nnc(-c3ccncc3)n2CC(C)C)s1. The van der Waals surface area contributed by atoms with Gasteiger partial charge in [-0.3, -0.25) is 15.1 Å². The van der Waals surface area contributed by atoms with Gasteiger partial charge >= 0.3 is 0 Å². The molecule has 0 saturated carbocycles. The fourth-order valence-corrected chi connectivity index (χ4v) is 3.84. The quantitative estimate of drug-likeness (QED) is 0.604. The molecule has 0 aliphatic carbocycles. The van der Waals surface area contributed by atoms with Gasteiger partial charge < -0.3 is 4.57 Å². The molecule has 0 radical (unpaired) electrons. The molecule has 0 aromatic carbocycles. The zero-order chi connectivity index (χ0) is 19.4. The third-order valence-electron chi connectivity index (χ3n) is 3.61. The van der Waals surface area contributed by atoms with Crippen LogP contribution in [0.5, 0.6) is 0 Å². The van der Waals surface area contributed by atoms with Gasteiger partial charge in [0, 0.05) is 24.5 Å². The maximum atomic E-state index is 12.5. The minimum atomic E-state index is -0.352. The summed E-state index contributed by atoms with van der Waals surface area (Å²) in [6.45, 7) is 8.73. The Morgan fingerprint density at radius 3 is 2.56 bits per heavy atom. The number of nitrogens with zero attached hydrogens (tertiary/aromatic N) is 6. The molecule has 1 amide bonds. The number of hydrogen-bond donors (Lipinski definition) is 1. The van der Waals surface area contributed by atoms with Crippen molar-refractivity contribution in [2.75, 3.05) is 5.32 Å². The molecule has 8 nitrogen and oxygen atoms in total. The molecule has 0 saturated heterocycles. The van der Waals surface area contributed by atoms with Gasteiger partial charge in [0.15, 0.2) is 11.0 Å². The van der Waals surface area contributed by atoms with Gasteiger partial charge in [-0.2, -0.15) is 0 Å². The van der Waals surface area contributed by atoms with Crippen LogP contribution in [0.25, 0.3) is 11.4 Å². The van der Waals surface area contributed by atoms with E-state index in [-0.39, 0.29) is 11.2 Å². The van der Waals surface area contributed by atoms with Gasteiger partial charge in [0.25, 0.3) is 0 Å². The molecule has 0 fully saturated rings. The molecule has 0 unspecified atom stereocenters. The van der Waals surface area contributed by atoms with Crippen LogP contribution >= 0.6 is 23.1 Å². The number of carbonyl (C=O) groups is 1. The van der Waals surface area contributed by atoms with E-state index in [1.54, 1.807) is 12.4 Å². The second-order valence-electron chi connectivity index (χ2n) is 6.42. The van der Waals surface area contributed by atoms with E-state index in [1.165, 1.54) is 23.1 Å². The molecule has 0 spiro atoms. The third-order valence-corrected chi connectivity index (χ3v) is 5.45. The normalized spacial score (nSPS) is 12.3. The highest BCUT2D eigenvalue weighted by Crippen LogP contribution is 2.28. The van der Waals surface area contributed by atoms with Gasteiger partial charge in [0.05, 0.1) is 5.25 Å². The van der Waals surface area contributed by atoms with E-state index in [0.29, 0.717) is 16.2 Å². The highest BCUT2D eigenvalue weighted by molar-refractivity contribution is 8.00. The Morgan fingerprint density at radius 2 is 1.93 bits per heavy atom. The van der Waals surface area contributed by atoms with Crippen molar-refractivity contribution in [1.82, 2.24) is 29.9 Å². The molecular formula is C17H21N7OS2. The second-order valence-corrected chi connectivity index (χ2v) is 8.91. The summed E-state index contributed by atoms with van der Waals surface area (Å²) in [6, 6.07) is 3.81. The van der Waals surface area contributed by atoms with Crippen LogP contribution in [-0.2, 0) is 11.3 Å². The Hall–Kier alpha value is -2.33. The molecule has 3 aromatic rings. The molecule has 3 heterocycles. The number of rotatable bonds is 7. The Balaban J connectivity index is 1.79. The molecule has 3 aromatic heterocycles. The van der Waals surface area contributed by atoms with Gasteiger partial charge in [0.2, 0.25) is 11.0 Å². The van der Waals surface area contributed by atoms with Crippen LogP contribution in [-0.4, -0.2) is 41.1 Å². The fraction of sp³-hybridized carbons (Fsp3) is 0.412. The Kier molecular flexibility index (Phi) is 6.17. The van der Waals surface area contributed by atoms with Crippen molar-refractivity contribution in [3.8, 4) is 11.4 Å². The summed E-state index contributed by atoms with van der Waals surface area (Å²) in [4.78, 5) is 16.5. The second kappa shape index (κ2) is 8.57. The number of pyridine rings is 1. The topological polar surface area (TPSA) is 98.5 Å². The standard InChI is InChI=1S/C17H21N7OS2/c1-10(2)9-24-14(13-5-7-18-8-6-13)21-23-17(24)26-11(3)15(25)19-16-22-20-12(4)27-16/h5-8,10-11H,9H2,1-4H3,(H,19,22,25)/t11-/m0/s1. The lowest BCUT2D eigenvalue weighted by Crippen LogP contribution is -2.23. The number of nitrogens with one attached hydrogen (secondary N) is 1. The van der Waals surface area contributed by atoms with Gasteiger partial charge in [-0.1, -0.05) is 36.9 Å². The predicted octanol–water partition coefficient (Wildman–Crippen LogP) is 3.28. The van der Waals surface area contributed by atoms with Gasteiger partial charge in [0.1, 0.15) is 5.01 Å². The van der Waals surface area contributed by atoms with Crippen LogP contribution in [0.4, 0.5) is 5.13 Å². The number of aryl methyl sites for hydroxylation is 1. The highest BCUT2D eigenvalue weighted by Gasteiger charge is 2.22. The minimum absolute atomic E-state index is 0.138. The molecule has 27 heavy (non-hydrogen) atoms. The van der Waals surface area contributed by atoms with Crippen molar-refractivity contribution in [3.05, 3.63) is 29.5 Å². The monoisotopic (exact) mass is 403 g/mol. The zero-order valence-electron chi connectivity index (χ0n) is 15.6. The predicted molar refractivity (Wildman–Crippen MR) is 107 cm³/mol. The molecule has 1 N–H and O–H groups in total. The largest absolute Gasteiger partial charge is 0.302 e. The minimum Gasteiger partial charge on any atom is -0.302 e. The summed E-state index contributed by atoms with van der Waals surface area (Å²) in [5, 5.41) is 21.0. The van der Waals surface area contributed by atoms with Crippen LogP contribution < -0.4 is 5.32 Å². The Bertz CT molecular complexity index is 907. The molecule has 0 aliphatic rings. The van der Waals surface area contributed by atoms with Crippen LogP contribution in [0.15, 0.2) is 29.7 Å². The van der Waals surface area contributed by atoms with Gasteiger partial charge in [-0.25, -0.2) is 0 Å². The van der Waals surface area contributed by atoms with Crippen molar-refractivity contribution in [2.45, 2.75) is 44.6 Å². The highest BCUT2D eigenvalue weighted by atomic mass is 32.2. The van der Waals surface area contributed by atoms with Crippen LogP contribution in [0.2, 0.25) is 0 Å². The summed E-state index contributed by atoms with van der Waals surface area (Å²) in [5.41, 5.74) is 0.950. The van der Waals surface area contributed by atoms with E-state index in [2.05, 4.69) is 49.1 Å². The first-order chi connectivity index (χ1) is 12.9. The molecule has 0 aliphatic heterocycles. The smallest absolute Gasteiger partial charge is 0.239 e. The zero-order valence-corrected chi connectivity index (χ0v) is 17.2. The first-order valence-electron chi connectivity index (χ1n) is 8.55. The van der Waals surface area contributed by atoms with E-state index in [9.17, 15) is 4.79 Å². The van der Waals surface area contributed by atoms with E-state index < -0.39 is 0 Å². The number of hydrogen-bond acceptors (Lipinski definition) is 8.